The third-order valence-electron chi connectivity index (χ3n) is 4.84. The van der Waals surface area contributed by atoms with Crippen LogP contribution in [-0.2, 0) is 19.3 Å². The van der Waals surface area contributed by atoms with E-state index in [0.29, 0.717) is 31.0 Å². The predicted octanol–water partition coefficient (Wildman–Crippen LogP) is 4.47. The van der Waals surface area contributed by atoms with E-state index in [-0.39, 0.29) is 11.8 Å². The van der Waals surface area contributed by atoms with Crippen molar-refractivity contribution in [3.8, 4) is 0 Å². The van der Waals surface area contributed by atoms with Gasteiger partial charge in [-0.3, -0.25) is 4.79 Å². The molecule has 0 unspecified atom stereocenters. The minimum atomic E-state index is -0.309. The molecular formula is C23H27N3O2. The molecule has 0 bridgehead atoms. The maximum atomic E-state index is 12.4. The average Bonchev–Trinajstić information content (AvgIpc) is 3.21. The van der Waals surface area contributed by atoms with Gasteiger partial charge in [-0.15, -0.1) is 10.2 Å². The number of Topliss-reactive ketones (excluding diaryl/α,β-unsaturated/α-hetero) is 1. The molecule has 5 heteroatoms. The number of aryl methyl sites for hydroxylation is 2. The number of carbonyl (C=O) groups excluding carboxylic acids is 1. The number of aromatic nitrogens is 2. The van der Waals surface area contributed by atoms with E-state index >= 15 is 0 Å². The van der Waals surface area contributed by atoms with Gasteiger partial charge in [-0.2, -0.15) is 0 Å². The van der Waals surface area contributed by atoms with Gasteiger partial charge < -0.3 is 10.2 Å². The predicted molar refractivity (Wildman–Crippen MR) is 109 cm³/mol. The Bertz CT molecular complexity index is 890. The molecule has 0 radical (unpaired) electrons. The second kappa shape index (κ2) is 9.95. The van der Waals surface area contributed by atoms with Crippen molar-refractivity contribution in [3.63, 3.8) is 0 Å². The van der Waals surface area contributed by atoms with Crippen molar-refractivity contribution in [2.75, 3.05) is 0 Å². The Morgan fingerprint density at radius 1 is 1.04 bits per heavy atom. The van der Waals surface area contributed by atoms with E-state index in [0.717, 1.165) is 36.0 Å². The Labute approximate surface area is 166 Å². The number of nitrogens with zero attached hydrogens (tertiary/aromatic N) is 2. The van der Waals surface area contributed by atoms with E-state index in [4.69, 9.17) is 10.2 Å². The van der Waals surface area contributed by atoms with Crippen LogP contribution in [0.5, 0.6) is 0 Å². The fourth-order valence-electron chi connectivity index (χ4n) is 3.27. The van der Waals surface area contributed by atoms with Crippen LogP contribution in [0, 0.1) is 0 Å². The Morgan fingerprint density at radius 3 is 2.57 bits per heavy atom. The zero-order valence-corrected chi connectivity index (χ0v) is 16.3. The first-order chi connectivity index (χ1) is 13.7. The molecule has 1 heterocycles. The summed E-state index contributed by atoms with van der Waals surface area (Å²) in [7, 11) is 0. The fourth-order valence-corrected chi connectivity index (χ4v) is 3.27. The summed E-state index contributed by atoms with van der Waals surface area (Å²) in [5.41, 5.74) is 9.28. The second-order valence-electron chi connectivity index (χ2n) is 6.97. The van der Waals surface area contributed by atoms with Crippen molar-refractivity contribution in [1.29, 1.82) is 0 Å². The number of carbonyl (C=O) groups is 1. The lowest BCUT2D eigenvalue weighted by Crippen LogP contribution is -2.13. The average molecular weight is 377 g/mol. The largest absolute Gasteiger partial charge is 0.424 e. The minimum absolute atomic E-state index is 0.202. The molecule has 0 aliphatic carbocycles. The highest BCUT2D eigenvalue weighted by Gasteiger charge is 2.15. The van der Waals surface area contributed by atoms with E-state index in [9.17, 15) is 4.79 Å². The molecule has 0 spiro atoms. The first-order valence-corrected chi connectivity index (χ1v) is 9.90. The van der Waals surface area contributed by atoms with Crippen LogP contribution < -0.4 is 5.73 Å². The van der Waals surface area contributed by atoms with Crippen LogP contribution in [0.4, 0.5) is 0 Å². The summed E-state index contributed by atoms with van der Waals surface area (Å²) in [4.78, 5) is 12.4. The van der Waals surface area contributed by atoms with Crippen LogP contribution >= 0.6 is 0 Å². The molecule has 2 N–H and O–H groups in total. The monoisotopic (exact) mass is 377 g/mol. The number of benzene rings is 2. The zero-order valence-electron chi connectivity index (χ0n) is 16.3. The van der Waals surface area contributed by atoms with E-state index in [1.807, 2.05) is 54.6 Å². The van der Waals surface area contributed by atoms with Gasteiger partial charge in [0.15, 0.2) is 5.78 Å². The minimum Gasteiger partial charge on any atom is -0.424 e. The SMILES string of the molecule is CCc1ccccc1C(=O)CCCCc1nnc([C@@H](N)Cc2ccccc2)o1. The lowest BCUT2D eigenvalue weighted by molar-refractivity contribution is 0.0978. The van der Waals surface area contributed by atoms with Crippen LogP contribution in [-0.4, -0.2) is 16.0 Å². The van der Waals surface area contributed by atoms with Crippen LogP contribution in [0.25, 0.3) is 0 Å². The third-order valence-corrected chi connectivity index (χ3v) is 4.84. The highest BCUT2D eigenvalue weighted by Crippen LogP contribution is 2.17. The number of hydrogen-bond acceptors (Lipinski definition) is 5. The molecule has 1 atom stereocenters. The molecule has 28 heavy (non-hydrogen) atoms. The van der Waals surface area contributed by atoms with Gasteiger partial charge in [0.25, 0.3) is 0 Å². The van der Waals surface area contributed by atoms with E-state index in [1.165, 1.54) is 0 Å². The van der Waals surface area contributed by atoms with E-state index < -0.39 is 0 Å². The van der Waals surface area contributed by atoms with Crippen molar-refractivity contribution < 1.29 is 9.21 Å². The molecule has 0 aliphatic heterocycles. The molecule has 5 nitrogen and oxygen atoms in total. The number of ketones is 1. The van der Waals surface area contributed by atoms with Gasteiger partial charge in [0, 0.05) is 18.4 Å². The Kier molecular flexibility index (Phi) is 7.09. The number of unbranched alkanes of at least 4 members (excludes halogenated alkanes) is 1. The van der Waals surface area contributed by atoms with E-state index in [1.54, 1.807) is 0 Å². The fraction of sp³-hybridized carbons (Fsp3) is 0.348. The number of rotatable bonds is 10. The molecule has 0 saturated carbocycles. The molecule has 0 aliphatic rings. The summed E-state index contributed by atoms with van der Waals surface area (Å²) in [5.74, 6) is 1.25. The summed E-state index contributed by atoms with van der Waals surface area (Å²) in [6, 6.07) is 17.5. The van der Waals surface area contributed by atoms with Gasteiger partial charge >= 0.3 is 0 Å². The molecule has 1 aromatic heterocycles. The summed E-state index contributed by atoms with van der Waals surface area (Å²) in [5, 5.41) is 8.19. The molecule has 146 valence electrons. The molecule has 3 rings (SSSR count). The molecule has 0 saturated heterocycles. The summed E-state index contributed by atoms with van der Waals surface area (Å²) in [6.07, 6.45) is 4.35. The second-order valence-corrected chi connectivity index (χ2v) is 6.97. The van der Waals surface area contributed by atoms with Gasteiger partial charge in [-0.05, 0) is 36.8 Å². The highest BCUT2D eigenvalue weighted by molar-refractivity contribution is 5.97. The van der Waals surface area contributed by atoms with E-state index in [2.05, 4.69) is 17.1 Å². The van der Waals surface area contributed by atoms with Crippen LogP contribution in [0.3, 0.4) is 0 Å². The Balaban J connectivity index is 1.45. The number of hydrogen-bond donors (Lipinski definition) is 1. The van der Waals surface area contributed by atoms with Crippen LogP contribution in [0.15, 0.2) is 59.0 Å². The smallest absolute Gasteiger partial charge is 0.233 e. The summed E-state index contributed by atoms with van der Waals surface area (Å²) >= 11 is 0. The third kappa shape index (κ3) is 5.36. The Hall–Kier alpha value is -2.79. The zero-order chi connectivity index (χ0) is 19.8. The molecule has 3 aromatic rings. The van der Waals surface area contributed by atoms with Crippen molar-refractivity contribution in [1.82, 2.24) is 10.2 Å². The van der Waals surface area contributed by atoms with Crippen LogP contribution in [0.1, 0.15) is 65.5 Å². The van der Waals surface area contributed by atoms with Crippen molar-refractivity contribution in [2.24, 2.45) is 5.73 Å². The van der Waals surface area contributed by atoms with Crippen molar-refractivity contribution in [3.05, 3.63) is 83.1 Å². The van der Waals surface area contributed by atoms with Crippen molar-refractivity contribution >= 4 is 5.78 Å². The van der Waals surface area contributed by atoms with Gasteiger partial charge in [-0.1, -0.05) is 61.5 Å². The first kappa shape index (κ1) is 20.0. The maximum absolute atomic E-state index is 12.4. The van der Waals surface area contributed by atoms with Gasteiger partial charge in [-0.25, -0.2) is 0 Å². The summed E-state index contributed by atoms with van der Waals surface area (Å²) in [6.45, 7) is 2.07. The molecule has 0 fully saturated rings. The normalized spacial score (nSPS) is 12.1. The quantitative estimate of drug-likeness (QED) is 0.416. The Morgan fingerprint density at radius 2 is 1.79 bits per heavy atom. The number of nitrogens with two attached hydrogens (primary N) is 1. The first-order valence-electron chi connectivity index (χ1n) is 9.90. The highest BCUT2D eigenvalue weighted by atomic mass is 16.4. The van der Waals surface area contributed by atoms with Crippen LogP contribution in [0.2, 0.25) is 0 Å². The molecule has 2 aromatic carbocycles. The lowest BCUT2D eigenvalue weighted by Gasteiger charge is -2.07. The molecular weight excluding hydrogens is 350 g/mol. The van der Waals surface area contributed by atoms with Gasteiger partial charge in [0.05, 0.1) is 6.04 Å². The standard InChI is InChI=1S/C23H27N3O2/c1-2-18-12-6-7-13-19(18)21(27)14-8-9-15-22-25-26-23(28-22)20(24)16-17-10-4-3-5-11-17/h3-7,10-13,20H,2,8-9,14-16,24H2,1H3/t20-/m0/s1. The molecule has 0 amide bonds. The lowest BCUT2D eigenvalue weighted by atomic mass is 9.98. The van der Waals surface area contributed by atoms with Gasteiger partial charge in [0.1, 0.15) is 0 Å². The summed E-state index contributed by atoms with van der Waals surface area (Å²) < 4.78 is 5.71. The topological polar surface area (TPSA) is 82.0 Å². The van der Waals surface area contributed by atoms with Gasteiger partial charge in [0.2, 0.25) is 11.8 Å². The van der Waals surface area contributed by atoms with Crippen molar-refractivity contribution in [2.45, 2.75) is 51.5 Å². The maximum Gasteiger partial charge on any atom is 0.233 e.